The Morgan fingerprint density at radius 2 is 1.96 bits per heavy atom. The Morgan fingerprint density at radius 3 is 2.61 bits per heavy atom. The second-order valence-electron chi connectivity index (χ2n) is 8.70. The van der Waals surface area contributed by atoms with E-state index < -0.39 is 0 Å². The van der Waals surface area contributed by atoms with Crippen LogP contribution in [0.2, 0.25) is 0 Å². The molecule has 0 amide bonds. The average Bonchev–Trinajstić information content (AvgIpc) is 2.84. The quantitative estimate of drug-likeness (QED) is 0.251. The third kappa shape index (κ3) is 2.81. The summed E-state index contributed by atoms with van der Waals surface area (Å²) in [6.45, 7) is 9.38. The van der Waals surface area contributed by atoms with Crippen molar-refractivity contribution in [1.82, 2.24) is 0 Å². The number of hydrogen-bond donors (Lipinski definition) is 3. The van der Waals surface area contributed by atoms with Crippen LogP contribution in [-0.4, -0.2) is 26.8 Å². The topological polar surface area (TPSA) is 66.5 Å². The van der Waals surface area contributed by atoms with Crippen molar-refractivity contribution in [1.29, 1.82) is 0 Å². The molecule has 3 nitrogen and oxygen atoms in total. The molecule has 3 rings (SSSR count). The van der Waals surface area contributed by atoms with Crippen LogP contribution in [0.5, 0.6) is 0 Å². The van der Waals surface area contributed by atoms with E-state index in [1.165, 1.54) is 31.3 Å². The van der Waals surface area contributed by atoms with Gasteiger partial charge in [-0.05, 0) is 0 Å². The zero-order valence-electron chi connectivity index (χ0n) is 14.6. The van der Waals surface area contributed by atoms with Gasteiger partial charge in [-0.15, -0.1) is 0 Å². The number of hydrogen-bond acceptors (Lipinski definition) is 3. The van der Waals surface area contributed by atoms with Crippen LogP contribution in [0, 0.1) is 28.6 Å². The molecule has 3 unspecified atom stereocenters. The average molecular weight is 434 g/mol. The number of allylic oxidation sites excluding steroid dienone is 1. The number of aliphatic hydroxyl groups excluding tert-OH is 2. The molecule has 23 heavy (non-hydrogen) atoms. The van der Waals surface area contributed by atoms with E-state index in [0.717, 1.165) is 19.3 Å². The maximum absolute atomic E-state index is 10.0. The van der Waals surface area contributed by atoms with Gasteiger partial charge in [0.1, 0.15) is 0 Å². The molecule has 3 aliphatic carbocycles. The zero-order valence-corrected chi connectivity index (χ0v) is 16.8. The van der Waals surface area contributed by atoms with Crippen molar-refractivity contribution in [3.63, 3.8) is 0 Å². The second kappa shape index (κ2) is 6.58. The molecule has 0 spiro atoms. The van der Waals surface area contributed by atoms with E-state index >= 15 is 0 Å². The van der Waals surface area contributed by atoms with Gasteiger partial charge in [-0.3, -0.25) is 0 Å². The number of aliphatic hydroxyl groups is 2. The number of alkyl halides is 1. The summed E-state index contributed by atoms with van der Waals surface area (Å²) in [6.07, 6.45) is 7.33. The molecule has 0 aromatic heterocycles. The standard InChI is InChI=1S/C19H33INO2/c1-12-4-5-15-17(20-21)16(7-9-18(12,15)2)19(3)8-6-14(23)10-13(19)11-22/h13-17,22-23H,1,4-11,21H2,2-3H3/q-1/t13-,14+,15?,16?,17?,18-,19+/m1/s1. The SMILES string of the molecule is C=C1CCC2C([I-]N)C([C@@]3(C)CC[C@H](O)C[C@@H]3CO)CC[C@]12C. The molecule has 0 heterocycles. The van der Waals surface area contributed by atoms with Gasteiger partial charge < -0.3 is 0 Å². The molecule has 3 aliphatic rings. The first-order valence-corrected chi connectivity index (χ1v) is 11.6. The van der Waals surface area contributed by atoms with Crippen molar-refractivity contribution in [2.24, 2.45) is 32.5 Å². The molecule has 0 aromatic carbocycles. The van der Waals surface area contributed by atoms with E-state index in [1.54, 1.807) is 0 Å². The molecule has 0 aromatic rings. The first kappa shape index (κ1) is 18.2. The maximum atomic E-state index is 10.0. The van der Waals surface area contributed by atoms with Gasteiger partial charge >= 0.3 is 152 Å². The Morgan fingerprint density at radius 1 is 1.22 bits per heavy atom. The summed E-state index contributed by atoms with van der Waals surface area (Å²) in [7, 11) is 0. The third-order valence-electron chi connectivity index (χ3n) is 7.85. The fourth-order valence-electron chi connectivity index (χ4n) is 6.00. The Labute approximate surface area is 151 Å². The summed E-state index contributed by atoms with van der Waals surface area (Å²) in [5, 5.41) is 20.0. The van der Waals surface area contributed by atoms with Gasteiger partial charge in [0.05, 0.1) is 0 Å². The summed E-state index contributed by atoms with van der Waals surface area (Å²) in [5.41, 5.74) is 1.90. The number of halogens is 1. The Balaban J connectivity index is 1.89. The van der Waals surface area contributed by atoms with Gasteiger partial charge in [0.25, 0.3) is 0 Å². The number of rotatable bonds is 3. The van der Waals surface area contributed by atoms with Crippen LogP contribution in [-0.2, 0) is 0 Å². The van der Waals surface area contributed by atoms with Gasteiger partial charge in [-0.25, -0.2) is 0 Å². The van der Waals surface area contributed by atoms with Crippen LogP contribution >= 0.6 is 0 Å². The van der Waals surface area contributed by atoms with Crippen LogP contribution in [0.15, 0.2) is 12.2 Å². The van der Waals surface area contributed by atoms with E-state index in [2.05, 4.69) is 20.4 Å². The molecule has 7 atom stereocenters. The van der Waals surface area contributed by atoms with Gasteiger partial charge in [-0.1, -0.05) is 0 Å². The molecule has 4 heteroatoms. The Kier molecular flexibility index (Phi) is 5.19. The van der Waals surface area contributed by atoms with Crippen molar-refractivity contribution in [2.75, 3.05) is 6.61 Å². The monoisotopic (exact) mass is 434 g/mol. The minimum absolute atomic E-state index is 0.142. The molecule has 134 valence electrons. The van der Waals surface area contributed by atoms with Crippen molar-refractivity contribution >= 4 is 0 Å². The van der Waals surface area contributed by atoms with Crippen LogP contribution < -0.4 is 25.4 Å². The van der Waals surface area contributed by atoms with Crippen LogP contribution in [0.3, 0.4) is 0 Å². The first-order chi connectivity index (χ1) is 10.9. The molecular weight excluding hydrogens is 401 g/mol. The third-order valence-corrected chi connectivity index (χ3v) is 10.4. The van der Waals surface area contributed by atoms with Crippen molar-refractivity contribution < 1.29 is 31.7 Å². The van der Waals surface area contributed by atoms with Crippen LogP contribution in [0.1, 0.15) is 58.8 Å². The minimum atomic E-state index is -0.320. The van der Waals surface area contributed by atoms with Gasteiger partial charge in [0.2, 0.25) is 0 Å². The molecule has 0 bridgehead atoms. The number of fused-ring (bicyclic) bond motifs is 1. The van der Waals surface area contributed by atoms with Crippen molar-refractivity contribution in [3.05, 3.63) is 12.2 Å². The van der Waals surface area contributed by atoms with Gasteiger partial charge in [0, 0.05) is 0 Å². The van der Waals surface area contributed by atoms with Crippen molar-refractivity contribution in [3.8, 4) is 0 Å². The Hall–Kier alpha value is 0.350. The molecule has 3 saturated carbocycles. The molecule has 0 aliphatic heterocycles. The Bertz CT molecular complexity index is 470. The van der Waals surface area contributed by atoms with Gasteiger partial charge in [-0.2, -0.15) is 0 Å². The molecule has 0 radical (unpaired) electrons. The molecule has 0 saturated heterocycles. The normalized spacial score (nSPS) is 51.0. The van der Waals surface area contributed by atoms with Gasteiger partial charge in [0.15, 0.2) is 0 Å². The van der Waals surface area contributed by atoms with E-state index in [9.17, 15) is 10.2 Å². The fraction of sp³-hybridized carbons (Fsp3) is 0.895. The summed E-state index contributed by atoms with van der Waals surface area (Å²) >= 11 is -0.320. The van der Waals surface area contributed by atoms with E-state index in [4.69, 9.17) is 3.95 Å². The van der Waals surface area contributed by atoms with Crippen LogP contribution in [0.25, 0.3) is 0 Å². The van der Waals surface area contributed by atoms with Crippen LogP contribution in [0.4, 0.5) is 0 Å². The summed E-state index contributed by atoms with van der Waals surface area (Å²) in [4.78, 5) is 0. The van der Waals surface area contributed by atoms with Crippen molar-refractivity contribution in [2.45, 2.75) is 68.8 Å². The second-order valence-corrected chi connectivity index (χ2v) is 10.9. The summed E-state index contributed by atoms with van der Waals surface area (Å²) < 4.78 is 7.04. The van der Waals surface area contributed by atoms with E-state index in [1.807, 2.05) is 0 Å². The van der Waals surface area contributed by atoms with E-state index in [0.29, 0.717) is 21.2 Å². The summed E-state index contributed by atoms with van der Waals surface area (Å²) in [5.74, 6) is 1.55. The molecular formula is C19H33INO2-. The fourth-order valence-corrected chi connectivity index (χ4v) is 9.34. The molecule has 4 N–H and O–H groups in total. The van der Waals surface area contributed by atoms with E-state index in [-0.39, 0.29) is 45.5 Å². The molecule has 3 fully saturated rings. The first-order valence-electron chi connectivity index (χ1n) is 9.16. The zero-order chi connectivity index (χ0) is 16.8. The summed E-state index contributed by atoms with van der Waals surface area (Å²) in [6, 6.07) is 0. The number of nitrogens with two attached hydrogens (primary N) is 1. The predicted octanol–water partition coefficient (Wildman–Crippen LogP) is -0.140. The predicted molar refractivity (Wildman–Crippen MR) is 89.2 cm³/mol.